The molecule has 0 heterocycles. The van der Waals surface area contributed by atoms with E-state index >= 15 is 0 Å². The Hall–Kier alpha value is -0.430. The molecule has 18 heavy (non-hydrogen) atoms. The van der Waals surface area contributed by atoms with Gasteiger partial charge in [0.1, 0.15) is 0 Å². The summed E-state index contributed by atoms with van der Waals surface area (Å²) in [6.07, 6.45) is 8.36. The van der Waals surface area contributed by atoms with Gasteiger partial charge in [-0.05, 0) is 47.6 Å². The van der Waals surface area contributed by atoms with Crippen LogP contribution in [0, 0.1) is 5.41 Å². The maximum absolute atomic E-state index is 2.38. The van der Waals surface area contributed by atoms with E-state index in [-0.39, 0.29) is 0 Å². The van der Waals surface area contributed by atoms with E-state index < -0.39 is 10.0 Å². The van der Waals surface area contributed by atoms with E-state index in [1.165, 1.54) is 23.3 Å². The molecule has 0 spiro atoms. The zero-order chi connectivity index (χ0) is 14.0. The summed E-state index contributed by atoms with van der Waals surface area (Å²) in [5.74, 6) is 1.90. The molecule has 0 saturated carbocycles. The van der Waals surface area contributed by atoms with E-state index in [1.54, 1.807) is 0 Å². The van der Waals surface area contributed by atoms with E-state index in [0.29, 0.717) is 11.3 Å². The highest BCUT2D eigenvalue weighted by Crippen LogP contribution is 2.40. The third-order valence-electron chi connectivity index (χ3n) is 3.44. The van der Waals surface area contributed by atoms with Crippen molar-refractivity contribution in [3.63, 3.8) is 0 Å². The molecule has 0 N–H and O–H groups in total. The number of hydrogen-bond acceptors (Lipinski definition) is 0. The Balaban J connectivity index is 2.88. The SMILES string of the molecule is CCC(c1ccc(CS(C)(C)C)cc1)C(C)(C)C. The molecular formula is C17H30S. The lowest BCUT2D eigenvalue weighted by Gasteiger charge is -2.31. The predicted molar refractivity (Wildman–Crippen MR) is 88.0 cm³/mol. The average molecular weight is 266 g/mol. The third kappa shape index (κ3) is 4.68. The molecule has 0 radical (unpaired) electrons. The Morgan fingerprint density at radius 1 is 1.00 bits per heavy atom. The zero-order valence-electron chi connectivity index (χ0n) is 13.2. The fraction of sp³-hybridized carbons (Fsp3) is 0.647. The molecule has 0 aliphatic heterocycles. The van der Waals surface area contributed by atoms with Crippen LogP contribution in [0.2, 0.25) is 0 Å². The minimum atomic E-state index is -0.444. The Morgan fingerprint density at radius 2 is 1.50 bits per heavy atom. The molecule has 1 rings (SSSR count). The second-order valence-corrected chi connectivity index (χ2v) is 11.8. The summed E-state index contributed by atoms with van der Waals surface area (Å²) in [6, 6.07) is 9.36. The van der Waals surface area contributed by atoms with Gasteiger partial charge in [-0.25, -0.2) is 10.0 Å². The largest absolute Gasteiger partial charge is 0.246 e. The fourth-order valence-corrected chi connectivity index (χ4v) is 3.89. The minimum Gasteiger partial charge on any atom is -0.246 e. The molecule has 1 unspecified atom stereocenters. The average Bonchev–Trinajstić information content (AvgIpc) is 2.17. The van der Waals surface area contributed by atoms with Crippen molar-refractivity contribution in [3.8, 4) is 0 Å². The summed E-state index contributed by atoms with van der Waals surface area (Å²) in [5, 5.41) is 0. The smallest absolute Gasteiger partial charge is 0.00177 e. The van der Waals surface area contributed by atoms with Gasteiger partial charge < -0.3 is 0 Å². The molecule has 0 saturated heterocycles. The zero-order valence-corrected chi connectivity index (χ0v) is 14.0. The number of rotatable bonds is 4. The first-order valence-electron chi connectivity index (χ1n) is 6.88. The molecule has 104 valence electrons. The van der Waals surface area contributed by atoms with Gasteiger partial charge in [-0.15, -0.1) is 0 Å². The van der Waals surface area contributed by atoms with Crippen molar-refractivity contribution in [1.29, 1.82) is 0 Å². The molecule has 0 aliphatic carbocycles. The summed E-state index contributed by atoms with van der Waals surface area (Å²) < 4.78 is 0. The van der Waals surface area contributed by atoms with Gasteiger partial charge in [-0.3, -0.25) is 0 Å². The maximum atomic E-state index is 2.38. The van der Waals surface area contributed by atoms with Crippen LogP contribution in [0.15, 0.2) is 24.3 Å². The highest BCUT2D eigenvalue weighted by Gasteiger charge is 2.24. The Kier molecular flexibility index (Phi) is 4.94. The van der Waals surface area contributed by atoms with E-state index in [2.05, 4.69) is 70.7 Å². The fourth-order valence-electron chi connectivity index (χ4n) is 2.69. The quantitative estimate of drug-likeness (QED) is 0.682. The second-order valence-electron chi connectivity index (χ2n) is 7.30. The second kappa shape index (κ2) is 5.69. The molecule has 1 aromatic rings. The van der Waals surface area contributed by atoms with Gasteiger partial charge in [-0.2, -0.15) is 0 Å². The van der Waals surface area contributed by atoms with Gasteiger partial charge in [0.25, 0.3) is 0 Å². The van der Waals surface area contributed by atoms with Crippen molar-refractivity contribution in [2.45, 2.75) is 45.8 Å². The maximum Gasteiger partial charge on any atom is 0.00177 e. The van der Waals surface area contributed by atoms with Crippen LogP contribution in [0.3, 0.4) is 0 Å². The standard InChI is InChI=1S/C17H30S/c1-8-16(17(2,3)4)15-11-9-14(10-12-15)13-18(5,6)7/h9-12,16H,8,13H2,1-7H3. The van der Waals surface area contributed by atoms with Crippen LogP contribution in [0.4, 0.5) is 0 Å². The van der Waals surface area contributed by atoms with Crippen molar-refractivity contribution in [2.75, 3.05) is 18.8 Å². The van der Waals surface area contributed by atoms with Crippen LogP contribution >= 0.6 is 10.0 Å². The Bertz CT molecular complexity index is 362. The summed E-state index contributed by atoms with van der Waals surface area (Å²) >= 11 is 0. The van der Waals surface area contributed by atoms with Crippen LogP contribution < -0.4 is 0 Å². The molecule has 1 atom stereocenters. The third-order valence-corrected chi connectivity index (χ3v) is 4.63. The molecule has 0 nitrogen and oxygen atoms in total. The van der Waals surface area contributed by atoms with Crippen molar-refractivity contribution < 1.29 is 0 Å². The number of hydrogen-bond donors (Lipinski definition) is 0. The first-order chi connectivity index (χ1) is 8.13. The highest BCUT2D eigenvalue weighted by molar-refractivity contribution is 8.31. The van der Waals surface area contributed by atoms with Gasteiger partial charge in [0.05, 0.1) is 0 Å². The number of benzene rings is 1. The molecule has 0 amide bonds. The first-order valence-corrected chi connectivity index (χ1v) is 9.91. The van der Waals surface area contributed by atoms with Crippen LogP contribution in [0.1, 0.15) is 51.2 Å². The summed E-state index contributed by atoms with van der Waals surface area (Å²) in [4.78, 5) is 0. The lowest BCUT2D eigenvalue weighted by Crippen LogP contribution is -2.17. The highest BCUT2D eigenvalue weighted by atomic mass is 32.3. The molecular weight excluding hydrogens is 236 g/mol. The summed E-state index contributed by atoms with van der Waals surface area (Å²) in [6.45, 7) is 9.32. The molecule has 0 bridgehead atoms. The molecule has 0 aliphatic rings. The Labute approximate surface area is 116 Å². The predicted octanol–water partition coefficient (Wildman–Crippen LogP) is 5.42. The van der Waals surface area contributed by atoms with Gasteiger partial charge in [0, 0.05) is 5.75 Å². The Morgan fingerprint density at radius 3 is 1.83 bits per heavy atom. The molecule has 0 aromatic heterocycles. The van der Waals surface area contributed by atoms with Gasteiger partial charge >= 0.3 is 0 Å². The van der Waals surface area contributed by atoms with Gasteiger partial charge in [0.15, 0.2) is 0 Å². The van der Waals surface area contributed by atoms with Gasteiger partial charge in [-0.1, -0.05) is 52.0 Å². The normalized spacial score (nSPS) is 15.5. The van der Waals surface area contributed by atoms with E-state index in [4.69, 9.17) is 0 Å². The topological polar surface area (TPSA) is 0 Å². The summed E-state index contributed by atoms with van der Waals surface area (Å²) in [5.41, 5.74) is 3.34. The molecule has 1 aromatic carbocycles. The lowest BCUT2D eigenvalue weighted by atomic mass is 9.75. The summed E-state index contributed by atoms with van der Waals surface area (Å²) in [7, 11) is -0.444. The van der Waals surface area contributed by atoms with E-state index in [1.807, 2.05) is 0 Å². The van der Waals surface area contributed by atoms with Crippen LogP contribution in [-0.2, 0) is 5.75 Å². The first kappa shape index (κ1) is 15.6. The van der Waals surface area contributed by atoms with Crippen molar-refractivity contribution in [1.82, 2.24) is 0 Å². The minimum absolute atomic E-state index is 0.353. The molecule has 1 heteroatoms. The van der Waals surface area contributed by atoms with Crippen molar-refractivity contribution in [3.05, 3.63) is 35.4 Å². The molecule has 0 fully saturated rings. The van der Waals surface area contributed by atoms with E-state index in [9.17, 15) is 0 Å². The van der Waals surface area contributed by atoms with E-state index in [0.717, 1.165) is 0 Å². The van der Waals surface area contributed by atoms with Crippen LogP contribution in [0.5, 0.6) is 0 Å². The lowest BCUT2D eigenvalue weighted by molar-refractivity contribution is 0.312. The van der Waals surface area contributed by atoms with Crippen LogP contribution in [-0.4, -0.2) is 18.8 Å². The van der Waals surface area contributed by atoms with Crippen molar-refractivity contribution in [2.24, 2.45) is 5.41 Å². The van der Waals surface area contributed by atoms with Crippen molar-refractivity contribution >= 4 is 10.0 Å². The van der Waals surface area contributed by atoms with Gasteiger partial charge in [0.2, 0.25) is 0 Å². The van der Waals surface area contributed by atoms with Crippen LogP contribution in [0.25, 0.3) is 0 Å². The monoisotopic (exact) mass is 266 g/mol.